The lowest BCUT2D eigenvalue weighted by atomic mass is 10.2. The Hall–Kier alpha value is -2.29. The number of guanidine groups is 1. The second kappa shape index (κ2) is 11.6. The average Bonchev–Trinajstić information content (AvgIpc) is 3.12. The molecule has 3 rings (SSSR count). The van der Waals surface area contributed by atoms with E-state index in [9.17, 15) is 0 Å². The summed E-state index contributed by atoms with van der Waals surface area (Å²) in [6, 6.07) is 12.2. The number of nitrogens with zero attached hydrogens (tertiary/aromatic N) is 3. The minimum absolute atomic E-state index is 0. The first-order chi connectivity index (χ1) is 13.7. The fourth-order valence-electron chi connectivity index (χ4n) is 3.07. The molecule has 0 aliphatic rings. The number of halogens is 1. The highest BCUT2D eigenvalue weighted by atomic mass is 127. The quantitative estimate of drug-likeness (QED) is 0.275. The van der Waals surface area contributed by atoms with Gasteiger partial charge in [0.05, 0.1) is 18.8 Å². The molecule has 6 nitrogen and oxygen atoms in total. The number of aryl methyl sites for hydroxylation is 1. The average molecular weight is 507 g/mol. The summed E-state index contributed by atoms with van der Waals surface area (Å²) in [5, 5.41) is 6.70. The van der Waals surface area contributed by atoms with Crippen molar-refractivity contribution in [2.45, 2.75) is 33.7 Å². The van der Waals surface area contributed by atoms with Crippen LogP contribution in [0.4, 0.5) is 0 Å². The lowest BCUT2D eigenvalue weighted by molar-refractivity contribution is 0.336. The summed E-state index contributed by atoms with van der Waals surface area (Å²) < 4.78 is 7.76. The van der Waals surface area contributed by atoms with E-state index in [-0.39, 0.29) is 24.0 Å². The number of nitrogens with one attached hydrogen (secondary N) is 2. The summed E-state index contributed by atoms with van der Waals surface area (Å²) in [5.41, 5.74) is 4.35. The molecule has 0 spiro atoms. The Morgan fingerprint density at radius 2 is 1.97 bits per heavy atom. The van der Waals surface area contributed by atoms with Crippen molar-refractivity contribution in [3.05, 3.63) is 65.6 Å². The van der Waals surface area contributed by atoms with Crippen LogP contribution < -0.4 is 15.4 Å². The van der Waals surface area contributed by atoms with Gasteiger partial charge in [0.2, 0.25) is 0 Å². The van der Waals surface area contributed by atoms with Crippen LogP contribution >= 0.6 is 24.0 Å². The van der Waals surface area contributed by atoms with Crippen molar-refractivity contribution in [2.24, 2.45) is 4.99 Å². The Bertz CT molecular complexity index is 938. The Balaban J connectivity index is 0.00000300. The molecule has 1 aromatic carbocycles. The van der Waals surface area contributed by atoms with Gasteiger partial charge < -0.3 is 19.8 Å². The molecule has 0 radical (unpaired) electrons. The lowest BCUT2D eigenvalue weighted by Crippen LogP contribution is -2.38. The third-order valence-corrected chi connectivity index (χ3v) is 4.43. The van der Waals surface area contributed by atoms with Crippen molar-refractivity contribution < 1.29 is 4.74 Å². The van der Waals surface area contributed by atoms with Gasteiger partial charge in [-0.05, 0) is 38.5 Å². The Morgan fingerprint density at radius 1 is 1.14 bits per heavy atom. The lowest BCUT2D eigenvalue weighted by Gasteiger charge is -2.12. The van der Waals surface area contributed by atoms with Crippen molar-refractivity contribution in [2.75, 3.05) is 19.7 Å². The van der Waals surface area contributed by atoms with E-state index in [1.165, 1.54) is 5.56 Å². The Labute approximate surface area is 189 Å². The van der Waals surface area contributed by atoms with Gasteiger partial charge in [-0.2, -0.15) is 0 Å². The summed E-state index contributed by atoms with van der Waals surface area (Å²) in [4.78, 5) is 9.43. The summed E-state index contributed by atoms with van der Waals surface area (Å²) in [5.74, 6) is 1.69. The number of para-hydroxylation sites is 1. The first kappa shape index (κ1) is 23.0. The van der Waals surface area contributed by atoms with Crippen molar-refractivity contribution in [3.63, 3.8) is 0 Å². The largest absolute Gasteiger partial charge is 0.494 e. The first-order valence-electron chi connectivity index (χ1n) is 9.87. The van der Waals surface area contributed by atoms with Gasteiger partial charge in [-0.15, -0.1) is 24.0 Å². The zero-order valence-corrected chi connectivity index (χ0v) is 19.6. The molecule has 0 aliphatic carbocycles. The van der Waals surface area contributed by atoms with Crippen molar-refractivity contribution in [1.82, 2.24) is 20.0 Å². The number of hydrogen-bond donors (Lipinski definition) is 2. The molecular weight excluding hydrogens is 477 g/mol. The maximum atomic E-state index is 5.69. The van der Waals surface area contributed by atoms with E-state index in [0.29, 0.717) is 13.2 Å². The summed E-state index contributed by atoms with van der Waals surface area (Å²) in [6.07, 6.45) is 4.96. The molecule has 2 N–H and O–H groups in total. The van der Waals surface area contributed by atoms with Gasteiger partial charge in [0.1, 0.15) is 11.4 Å². The number of ether oxygens (including phenoxy) is 1. The number of hydrogen-bond acceptors (Lipinski definition) is 3. The van der Waals surface area contributed by atoms with Gasteiger partial charge >= 0.3 is 0 Å². The van der Waals surface area contributed by atoms with Gasteiger partial charge in [0, 0.05) is 37.5 Å². The smallest absolute Gasteiger partial charge is 0.191 e. The van der Waals surface area contributed by atoms with Crippen LogP contribution in [0.2, 0.25) is 0 Å². The SMILES string of the molecule is CCNC(=NCc1ccccc1OCC)NCCc1cn2cccc(C)c2n1.I. The number of aliphatic imine (C=N–C) groups is 1. The number of imidazole rings is 1. The molecule has 2 aromatic heterocycles. The third kappa shape index (κ3) is 6.35. The molecule has 0 saturated carbocycles. The van der Waals surface area contributed by atoms with Gasteiger partial charge in [-0.25, -0.2) is 9.98 Å². The third-order valence-electron chi connectivity index (χ3n) is 4.43. The highest BCUT2D eigenvalue weighted by Crippen LogP contribution is 2.18. The number of aromatic nitrogens is 2. The number of benzene rings is 1. The fraction of sp³-hybridized carbons (Fsp3) is 0.364. The van der Waals surface area contributed by atoms with E-state index in [1.54, 1.807) is 0 Å². The van der Waals surface area contributed by atoms with Gasteiger partial charge in [-0.3, -0.25) is 0 Å². The van der Waals surface area contributed by atoms with Crippen LogP contribution in [-0.4, -0.2) is 35.0 Å². The predicted molar refractivity (Wildman–Crippen MR) is 129 cm³/mol. The first-order valence-corrected chi connectivity index (χ1v) is 9.87. The molecule has 0 bridgehead atoms. The van der Waals surface area contributed by atoms with Crippen LogP contribution in [0.25, 0.3) is 5.65 Å². The minimum atomic E-state index is 0. The van der Waals surface area contributed by atoms with Crippen molar-refractivity contribution in [3.8, 4) is 5.75 Å². The second-order valence-corrected chi connectivity index (χ2v) is 6.57. The summed E-state index contributed by atoms with van der Waals surface area (Å²) in [7, 11) is 0. The molecule has 7 heteroatoms. The topological polar surface area (TPSA) is 63.0 Å². The molecule has 0 aliphatic heterocycles. The van der Waals surface area contributed by atoms with Crippen LogP contribution in [0, 0.1) is 6.92 Å². The maximum absolute atomic E-state index is 5.69. The molecule has 0 unspecified atom stereocenters. The van der Waals surface area contributed by atoms with Crippen LogP contribution in [0.1, 0.15) is 30.7 Å². The van der Waals surface area contributed by atoms with Crippen molar-refractivity contribution >= 4 is 35.6 Å². The second-order valence-electron chi connectivity index (χ2n) is 6.57. The number of rotatable bonds is 8. The molecule has 0 fully saturated rings. The number of fused-ring (bicyclic) bond motifs is 1. The Morgan fingerprint density at radius 3 is 2.72 bits per heavy atom. The molecule has 2 heterocycles. The molecule has 0 amide bonds. The summed E-state index contributed by atoms with van der Waals surface area (Å²) >= 11 is 0. The standard InChI is InChI=1S/C22H29N5O.HI/c1-4-23-22(25-15-18-10-6-7-11-20(18)28-5-2)24-13-12-19-16-27-14-8-9-17(3)21(27)26-19;/h6-11,14,16H,4-5,12-13,15H2,1-3H3,(H2,23,24,25);1H. The van der Waals surface area contributed by atoms with E-state index in [1.807, 2.05) is 37.4 Å². The predicted octanol–water partition coefficient (Wildman–Crippen LogP) is 3.96. The van der Waals surface area contributed by atoms with E-state index >= 15 is 0 Å². The fourth-order valence-corrected chi connectivity index (χ4v) is 3.07. The van der Waals surface area contributed by atoms with Crippen LogP contribution in [0.15, 0.2) is 53.8 Å². The zero-order valence-electron chi connectivity index (χ0n) is 17.3. The zero-order chi connectivity index (χ0) is 19.8. The molecular formula is C22H30IN5O. The van der Waals surface area contributed by atoms with Crippen molar-refractivity contribution in [1.29, 1.82) is 0 Å². The monoisotopic (exact) mass is 507 g/mol. The molecule has 3 aromatic rings. The number of pyridine rings is 1. The maximum Gasteiger partial charge on any atom is 0.191 e. The minimum Gasteiger partial charge on any atom is -0.494 e. The highest BCUT2D eigenvalue weighted by Gasteiger charge is 2.05. The van der Waals surface area contributed by atoms with Crippen LogP contribution in [-0.2, 0) is 13.0 Å². The van der Waals surface area contributed by atoms with Crippen LogP contribution in [0.3, 0.4) is 0 Å². The highest BCUT2D eigenvalue weighted by molar-refractivity contribution is 14.0. The van der Waals surface area contributed by atoms with E-state index in [0.717, 1.165) is 48.1 Å². The van der Waals surface area contributed by atoms with E-state index in [2.05, 4.69) is 47.2 Å². The Kier molecular flexibility index (Phi) is 9.24. The van der Waals surface area contributed by atoms with Gasteiger partial charge in [0.25, 0.3) is 0 Å². The molecule has 156 valence electrons. The summed E-state index contributed by atoms with van der Waals surface area (Å²) in [6.45, 7) is 8.94. The molecule has 0 saturated heterocycles. The van der Waals surface area contributed by atoms with Crippen LogP contribution in [0.5, 0.6) is 5.75 Å². The van der Waals surface area contributed by atoms with E-state index < -0.39 is 0 Å². The van der Waals surface area contributed by atoms with Gasteiger partial charge in [0.15, 0.2) is 5.96 Å². The normalized spacial score (nSPS) is 11.2. The van der Waals surface area contributed by atoms with E-state index in [4.69, 9.17) is 14.7 Å². The molecule has 0 atom stereocenters. The van der Waals surface area contributed by atoms with Gasteiger partial charge in [-0.1, -0.05) is 24.3 Å². The molecule has 29 heavy (non-hydrogen) atoms.